The molecule has 2 heterocycles. The van der Waals surface area contributed by atoms with E-state index in [1.165, 1.54) is 24.5 Å². The Labute approximate surface area is 156 Å². The van der Waals surface area contributed by atoms with E-state index >= 15 is 0 Å². The van der Waals surface area contributed by atoms with Gasteiger partial charge in [-0.05, 0) is 37.4 Å². The molecule has 0 fully saturated rings. The lowest BCUT2D eigenvalue weighted by molar-refractivity contribution is -0.141. The number of hydrogen-bond acceptors (Lipinski definition) is 6. The Hall–Kier alpha value is -2.67. The Morgan fingerprint density at radius 2 is 2.04 bits per heavy atom. The Morgan fingerprint density at radius 3 is 2.69 bits per heavy atom. The van der Waals surface area contributed by atoms with Crippen LogP contribution < -0.4 is 0 Å². The number of thiophene rings is 1. The van der Waals surface area contributed by atoms with Gasteiger partial charge in [-0.3, -0.25) is 9.59 Å². The fourth-order valence-electron chi connectivity index (χ4n) is 2.53. The number of aromatic nitrogens is 1. The second-order valence-electron chi connectivity index (χ2n) is 5.64. The van der Waals surface area contributed by atoms with Crippen LogP contribution in [0.3, 0.4) is 0 Å². The van der Waals surface area contributed by atoms with Gasteiger partial charge >= 0.3 is 11.9 Å². The number of rotatable bonds is 8. The second kappa shape index (κ2) is 9.15. The fourth-order valence-corrected chi connectivity index (χ4v) is 3.15. The highest BCUT2D eigenvalue weighted by molar-refractivity contribution is 7.10. The predicted octanol–water partition coefficient (Wildman–Crippen LogP) is 3.17. The van der Waals surface area contributed by atoms with Crippen molar-refractivity contribution in [3.63, 3.8) is 0 Å². The lowest BCUT2D eigenvalue weighted by atomic mass is 10.1. The SMILES string of the molecule is COC(=O)CCn1c(C)cc(C(=O)COC(=O)/C=C/c2cccs2)c1C. The van der Waals surface area contributed by atoms with Crippen LogP contribution in [0.2, 0.25) is 0 Å². The zero-order chi connectivity index (χ0) is 19.1. The monoisotopic (exact) mass is 375 g/mol. The Kier molecular flexibility index (Phi) is 6.91. The highest BCUT2D eigenvalue weighted by atomic mass is 32.1. The molecule has 2 aromatic heterocycles. The van der Waals surface area contributed by atoms with E-state index in [0.29, 0.717) is 12.1 Å². The van der Waals surface area contributed by atoms with Crippen molar-refractivity contribution in [2.75, 3.05) is 13.7 Å². The maximum Gasteiger partial charge on any atom is 0.331 e. The van der Waals surface area contributed by atoms with E-state index < -0.39 is 5.97 Å². The van der Waals surface area contributed by atoms with E-state index in [2.05, 4.69) is 4.74 Å². The molecule has 0 amide bonds. The maximum absolute atomic E-state index is 12.4. The van der Waals surface area contributed by atoms with Gasteiger partial charge in [0.05, 0.1) is 13.5 Å². The largest absolute Gasteiger partial charge is 0.469 e. The highest BCUT2D eigenvalue weighted by Crippen LogP contribution is 2.17. The second-order valence-corrected chi connectivity index (χ2v) is 6.62. The quantitative estimate of drug-likeness (QED) is 0.402. The number of nitrogens with zero attached hydrogens (tertiary/aromatic N) is 1. The molecule has 0 N–H and O–H groups in total. The highest BCUT2D eigenvalue weighted by Gasteiger charge is 2.17. The van der Waals surface area contributed by atoms with Crippen LogP contribution in [-0.2, 0) is 25.6 Å². The van der Waals surface area contributed by atoms with E-state index in [4.69, 9.17) is 4.74 Å². The van der Waals surface area contributed by atoms with Crippen molar-refractivity contribution in [3.05, 3.63) is 51.5 Å². The first-order valence-corrected chi connectivity index (χ1v) is 8.95. The van der Waals surface area contributed by atoms with Crippen LogP contribution >= 0.6 is 11.3 Å². The Morgan fingerprint density at radius 1 is 1.27 bits per heavy atom. The first kappa shape index (κ1) is 19.7. The van der Waals surface area contributed by atoms with Crippen LogP contribution in [0.15, 0.2) is 29.7 Å². The number of carbonyl (C=O) groups excluding carboxylic acids is 3. The minimum absolute atomic E-state index is 0.225. The van der Waals surface area contributed by atoms with Crippen LogP contribution in [-0.4, -0.2) is 36.0 Å². The van der Waals surface area contributed by atoms with E-state index in [1.54, 1.807) is 19.1 Å². The number of carbonyl (C=O) groups is 3. The molecule has 26 heavy (non-hydrogen) atoms. The summed E-state index contributed by atoms with van der Waals surface area (Å²) in [5.74, 6) is -1.15. The molecule has 0 aliphatic carbocycles. The fraction of sp³-hybridized carbons (Fsp3) is 0.316. The molecular formula is C19H21NO5S. The predicted molar refractivity (Wildman–Crippen MR) is 99.2 cm³/mol. The molecule has 2 rings (SSSR count). The van der Waals surface area contributed by atoms with Gasteiger partial charge in [0, 0.05) is 34.4 Å². The first-order chi connectivity index (χ1) is 12.4. The summed E-state index contributed by atoms with van der Waals surface area (Å²) in [5.41, 5.74) is 2.09. The van der Waals surface area contributed by atoms with Crippen molar-refractivity contribution in [1.29, 1.82) is 0 Å². The molecule has 6 nitrogen and oxygen atoms in total. The molecule has 0 bridgehead atoms. The molecule has 0 unspecified atom stereocenters. The van der Waals surface area contributed by atoms with Gasteiger partial charge in [-0.15, -0.1) is 11.3 Å². The summed E-state index contributed by atoms with van der Waals surface area (Å²) in [6, 6.07) is 5.50. The minimum atomic E-state index is -0.564. The topological polar surface area (TPSA) is 74.6 Å². The van der Waals surface area contributed by atoms with E-state index in [0.717, 1.165) is 16.3 Å². The summed E-state index contributed by atoms with van der Waals surface area (Å²) >= 11 is 1.50. The molecule has 0 aromatic carbocycles. The van der Waals surface area contributed by atoms with Crippen LogP contribution in [0.25, 0.3) is 6.08 Å². The summed E-state index contributed by atoms with van der Waals surface area (Å²) in [6.07, 6.45) is 3.18. The van der Waals surface area contributed by atoms with Gasteiger partial charge in [0.1, 0.15) is 0 Å². The molecular weight excluding hydrogens is 354 g/mol. The van der Waals surface area contributed by atoms with E-state index in [-0.39, 0.29) is 24.8 Å². The molecule has 0 saturated carbocycles. The molecule has 2 aromatic rings. The summed E-state index contributed by atoms with van der Waals surface area (Å²) in [7, 11) is 1.34. The Bertz CT molecular complexity index is 817. The van der Waals surface area contributed by atoms with Crippen LogP contribution in [0, 0.1) is 13.8 Å². The van der Waals surface area contributed by atoms with Crippen LogP contribution in [0.5, 0.6) is 0 Å². The van der Waals surface area contributed by atoms with Gasteiger partial charge in [-0.1, -0.05) is 6.07 Å². The Balaban J connectivity index is 1.94. The van der Waals surface area contributed by atoms with Gasteiger partial charge in [-0.2, -0.15) is 0 Å². The molecule has 7 heteroatoms. The van der Waals surface area contributed by atoms with E-state index in [9.17, 15) is 14.4 Å². The number of ketones is 1. The number of aryl methyl sites for hydroxylation is 1. The van der Waals surface area contributed by atoms with Crippen LogP contribution in [0.1, 0.15) is 33.0 Å². The number of methoxy groups -OCH3 is 1. The van der Waals surface area contributed by atoms with E-state index in [1.807, 2.05) is 29.0 Å². The molecule has 0 aliphatic rings. The van der Waals surface area contributed by atoms with Crippen molar-refractivity contribution < 1.29 is 23.9 Å². The summed E-state index contributed by atoms with van der Waals surface area (Å²) < 4.78 is 11.5. The standard InChI is InChI=1S/C19H21NO5S/c1-13-11-16(14(2)20(13)9-8-18(22)24-3)17(21)12-25-19(23)7-6-15-5-4-10-26-15/h4-7,10-11H,8-9,12H2,1-3H3/b7-6+. The average molecular weight is 375 g/mol. The maximum atomic E-state index is 12.4. The van der Waals surface area contributed by atoms with Crippen molar-refractivity contribution in [1.82, 2.24) is 4.57 Å². The summed E-state index contributed by atoms with van der Waals surface area (Å²) in [6.45, 7) is 3.77. The molecule has 138 valence electrons. The smallest absolute Gasteiger partial charge is 0.331 e. The van der Waals surface area contributed by atoms with Crippen molar-refractivity contribution in [2.45, 2.75) is 26.8 Å². The van der Waals surface area contributed by atoms with Crippen molar-refractivity contribution in [2.24, 2.45) is 0 Å². The zero-order valence-electron chi connectivity index (χ0n) is 15.0. The number of ether oxygens (including phenoxy) is 2. The lowest BCUT2D eigenvalue weighted by Crippen LogP contribution is -2.14. The van der Waals surface area contributed by atoms with Crippen LogP contribution in [0.4, 0.5) is 0 Å². The minimum Gasteiger partial charge on any atom is -0.469 e. The van der Waals surface area contributed by atoms with Gasteiger partial charge in [-0.25, -0.2) is 4.79 Å². The molecule has 0 saturated heterocycles. The van der Waals surface area contributed by atoms with Gasteiger partial charge < -0.3 is 14.0 Å². The third kappa shape index (κ3) is 5.16. The third-order valence-corrected chi connectivity index (χ3v) is 4.75. The third-order valence-electron chi connectivity index (χ3n) is 3.91. The summed E-state index contributed by atoms with van der Waals surface area (Å²) in [5, 5.41) is 1.91. The van der Waals surface area contributed by atoms with Gasteiger partial charge in [0.25, 0.3) is 0 Å². The summed E-state index contributed by atoms with van der Waals surface area (Å²) in [4.78, 5) is 36.3. The zero-order valence-corrected chi connectivity index (χ0v) is 15.8. The average Bonchev–Trinajstić information content (AvgIpc) is 3.24. The van der Waals surface area contributed by atoms with Gasteiger partial charge in [0.15, 0.2) is 6.61 Å². The van der Waals surface area contributed by atoms with Crippen molar-refractivity contribution in [3.8, 4) is 0 Å². The van der Waals surface area contributed by atoms with Crippen molar-refractivity contribution >= 4 is 35.1 Å². The molecule has 0 aliphatic heterocycles. The molecule has 0 spiro atoms. The number of esters is 2. The number of hydrogen-bond donors (Lipinski definition) is 0. The number of Topliss-reactive ketones (excluding diaryl/α,β-unsaturated/α-hetero) is 1. The molecule has 0 radical (unpaired) electrons. The lowest BCUT2D eigenvalue weighted by Gasteiger charge is -2.08. The normalized spacial score (nSPS) is 10.9. The van der Waals surface area contributed by atoms with Gasteiger partial charge in [0.2, 0.25) is 5.78 Å². The molecule has 0 atom stereocenters. The first-order valence-electron chi connectivity index (χ1n) is 8.07.